The minimum atomic E-state index is -0.912. The quantitative estimate of drug-likeness (QED) is 0.899. The van der Waals surface area contributed by atoms with E-state index in [2.05, 4.69) is 0 Å². The number of thiophene rings is 1. The predicted octanol–water partition coefficient (Wildman–Crippen LogP) is 2.56. The highest BCUT2D eigenvalue weighted by Gasteiger charge is 2.18. The lowest BCUT2D eigenvalue weighted by molar-refractivity contribution is 0.0491. The molecule has 0 saturated carbocycles. The van der Waals surface area contributed by atoms with E-state index in [0.29, 0.717) is 23.2 Å². The summed E-state index contributed by atoms with van der Waals surface area (Å²) in [5, 5.41) is 9.03. The van der Waals surface area contributed by atoms with Gasteiger partial charge in [-0.25, -0.2) is 4.79 Å². The lowest BCUT2D eigenvalue weighted by Gasteiger charge is -2.21. The van der Waals surface area contributed by atoms with Gasteiger partial charge in [0.15, 0.2) is 4.88 Å². The van der Waals surface area contributed by atoms with E-state index in [1.807, 2.05) is 6.92 Å². The monoisotopic (exact) mass is 256 g/mol. The van der Waals surface area contributed by atoms with Crippen molar-refractivity contribution in [2.24, 2.45) is 5.92 Å². The first kappa shape index (κ1) is 12.4. The largest absolute Gasteiger partial charge is 0.491 e. The first-order valence-corrected chi connectivity index (χ1v) is 6.52. The van der Waals surface area contributed by atoms with Crippen LogP contribution < -0.4 is 4.74 Å². The Hall–Kier alpha value is -1.07. The Morgan fingerprint density at radius 2 is 2.29 bits per heavy atom. The molecule has 0 radical (unpaired) electrons. The molecule has 1 aliphatic heterocycles. The predicted molar refractivity (Wildman–Crippen MR) is 65.1 cm³/mol. The number of hydrogen-bond acceptors (Lipinski definition) is 4. The van der Waals surface area contributed by atoms with Crippen LogP contribution >= 0.6 is 11.3 Å². The standard InChI is InChI=1S/C12H16O4S/c1-8-6-10(11(17-8)12(13)14)16-7-9-2-4-15-5-3-9/h6,9H,2-5,7H2,1H3,(H,13,14). The van der Waals surface area contributed by atoms with Gasteiger partial charge < -0.3 is 14.6 Å². The number of carbonyl (C=O) groups is 1. The maximum Gasteiger partial charge on any atom is 0.349 e. The number of ether oxygens (including phenoxy) is 2. The Bertz CT molecular complexity index is 393. The molecule has 1 fully saturated rings. The SMILES string of the molecule is Cc1cc(OCC2CCOCC2)c(C(=O)O)s1. The third-order valence-corrected chi connectivity index (χ3v) is 3.85. The Labute approximate surface area is 104 Å². The Kier molecular flexibility index (Phi) is 4.02. The van der Waals surface area contributed by atoms with E-state index in [0.717, 1.165) is 30.9 Å². The molecule has 0 unspecified atom stereocenters. The summed E-state index contributed by atoms with van der Waals surface area (Å²) in [5.41, 5.74) is 0. The second-order valence-electron chi connectivity index (χ2n) is 4.22. The summed E-state index contributed by atoms with van der Waals surface area (Å²) in [6.07, 6.45) is 1.98. The van der Waals surface area contributed by atoms with Crippen molar-refractivity contribution in [3.05, 3.63) is 15.8 Å². The van der Waals surface area contributed by atoms with Crippen LogP contribution in [0.25, 0.3) is 0 Å². The van der Waals surface area contributed by atoms with Crippen molar-refractivity contribution < 1.29 is 19.4 Å². The fourth-order valence-electron chi connectivity index (χ4n) is 1.87. The Balaban J connectivity index is 1.95. The van der Waals surface area contributed by atoms with Crippen molar-refractivity contribution in [3.63, 3.8) is 0 Å². The summed E-state index contributed by atoms with van der Waals surface area (Å²) in [6.45, 7) is 4.03. The Morgan fingerprint density at radius 1 is 1.59 bits per heavy atom. The third kappa shape index (κ3) is 3.20. The summed E-state index contributed by atoms with van der Waals surface area (Å²) in [4.78, 5) is 12.3. The van der Waals surface area contributed by atoms with Crippen LogP contribution in [0.15, 0.2) is 6.07 Å². The molecule has 2 heterocycles. The molecule has 94 valence electrons. The molecule has 2 rings (SSSR count). The first-order valence-electron chi connectivity index (χ1n) is 5.71. The number of hydrogen-bond donors (Lipinski definition) is 1. The number of carboxylic acid groups (broad SMARTS) is 1. The van der Waals surface area contributed by atoms with Gasteiger partial charge >= 0.3 is 5.97 Å². The Morgan fingerprint density at radius 3 is 2.94 bits per heavy atom. The molecule has 0 aliphatic carbocycles. The number of rotatable bonds is 4. The fourth-order valence-corrected chi connectivity index (χ4v) is 2.66. The van der Waals surface area contributed by atoms with E-state index in [1.165, 1.54) is 11.3 Å². The molecule has 0 atom stereocenters. The average molecular weight is 256 g/mol. The highest BCUT2D eigenvalue weighted by Crippen LogP contribution is 2.29. The van der Waals surface area contributed by atoms with E-state index in [4.69, 9.17) is 14.6 Å². The van der Waals surface area contributed by atoms with Gasteiger partial charge in [0.1, 0.15) is 5.75 Å². The van der Waals surface area contributed by atoms with Gasteiger partial charge in [0, 0.05) is 18.1 Å². The summed E-state index contributed by atoms with van der Waals surface area (Å²) in [7, 11) is 0. The molecule has 0 bridgehead atoms. The zero-order valence-corrected chi connectivity index (χ0v) is 10.6. The molecule has 1 aromatic rings. The second-order valence-corrected chi connectivity index (χ2v) is 5.48. The zero-order chi connectivity index (χ0) is 12.3. The molecule has 1 aromatic heterocycles. The van der Waals surface area contributed by atoms with Crippen molar-refractivity contribution in [1.82, 2.24) is 0 Å². The minimum absolute atomic E-state index is 0.301. The molecule has 0 aromatic carbocycles. The molecule has 4 nitrogen and oxygen atoms in total. The summed E-state index contributed by atoms with van der Waals surface area (Å²) in [5.74, 6) is 0.0715. The average Bonchev–Trinajstić information content (AvgIpc) is 2.69. The topological polar surface area (TPSA) is 55.8 Å². The van der Waals surface area contributed by atoms with Crippen LogP contribution in [0.5, 0.6) is 5.75 Å². The van der Waals surface area contributed by atoms with E-state index in [-0.39, 0.29) is 0 Å². The van der Waals surface area contributed by atoms with Crippen LogP contribution in [-0.2, 0) is 4.74 Å². The molecule has 1 saturated heterocycles. The van der Waals surface area contributed by atoms with Crippen LogP contribution in [0.1, 0.15) is 27.4 Å². The van der Waals surface area contributed by atoms with Crippen molar-refractivity contribution in [2.45, 2.75) is 19.8 Å². The fraction of sp³-hybridized carbons (Fsp3) is 0.583. The summed E-state index contributed by atoms with van der Waals surface area (Å²) >= 11 is 1.26. The van der Waals surface area contributed by atoms with Crippen LogP contribution in [0.3, 0.4) is 0 Å². The van der Waals surface area contributed by atoms with E-state index < -0.39 is 5.97 Å². The van der Waals surface area contributed by atoms with Gasteiger partial charge in [-0.1, -0.05) is 0 Å². The van der Waals surface area contributed by atoms with Gasteiger partial charge in [-0.05, 0) is 31.7 Å². The van der Waals surface area contributed by atoms with Crippen LogP contribution in [-0.4, -0.2) is 30.9 Å². The highest BCUT2D eigenvalue weighted by atomic mass is 32.1. The van der Waals surface area contributed by atoms with Gasteiger partial charge in [-0.15, -0.1) is 11.3 Å². The molecular weight excluding hydrogens is 240 g/mol. The third-order valence-electron chi connectivity index (χ3n) is 2.83. The van der Waals surface area contributed by atoms with Gasteiger partial charge in [0.05, 0.1) is 6.61 Å². The summed E-state index contributed by atoms with van der Waals surface area (Å²) < 4.78 is 10.9. The zero-order valence-electron chi connectivity index (χ0n) is 9.77. The van der Waals surface area contributed by atoms with Crippen molar-refractivity contribution in [1.29, 1.82) is 0 Å². The van der Waals surface area contributed by atoms with Crippen LogP contribution in [0.2, 0.25) is 0 Å². The minimum Gasteiger partial charge on any atom is -0.491 e. The number of carboxylic acids is 1. The lowest BCUT2D eigenvalue weighted by atomic mass is 10.0. The van der Waals surface area contributed by atoms with E-state index in [1.54, 1.807) is 6.07 Å². The highest BCUT2D eigenvalue weighted by molar-refractivity contribution is 7.14. The van der Waals surface area contributed by atoms with Crippen molar-refractivity contribution in [3.8, 4) is 5.75 Å². The van der Waals surface area contributed by atoms with E-state index in [9.17, 15) is 4.79 Å². The first-order chi connectivity index (χ1) is 8.16. The maximum atomic E-state index is 11.0. The lowest BCUT2D eigenvalue weighted by Crippen LogP contribution is -2.21. The van der Waals surface area contributed by atoms with Gasteiger partial charge in [-0.2, -0.15) is 0 Å². The molecule has 0 spiro atoms. The molecule has 1 N–H and O–H groups in total. The van der Waals surface area contributed by atoms with E-state index >= 15 is 0 Å². The van der Waals surface area contributed by atoms with Crippen LogP contribution in [0, 0.1) is 12.8 Å². The van der Waals surface area contributed by atoms with Crippen LogP contribution in [0.4, 0.5) is 0 Å². The van der Waals surface area contributed by atoms with Gasteiger partial charge in [0.25, 0.3) is 0 Å². The van der Waals surface area contributed by atoms with Crippen molar-refractivity contribution in [2.75, 3.05) is 19.8 Å². The number of aryl methyl sites for hydroxylation is 1. The summed E-state index contributed by atoms with van der Waals surface area (Å²) in [6, 6.07) is 1.80. The maximum absolute atomic E-state index is 11.0. The smallest absolute Gasteiger partial charge is 0.349 e. The van der Waals surface area contributed by atoms with Crippen molar-refractivity contribution >= 4 is 17.3 Å². The number of aromatic carboxylic acids is 1. The van der Waals surface area contributed by atoms with Gasteiger partial charge in [0.2, 0.25) is 0 Å². The molecular formula is C12H16O4S. The normalized spacial score (nSPS) is 17.0. The molecule has 17 heavy (non-hydrogen) atoms. The molecule has 5 heteroatoms. The second kappa shape index (κ2) is 5.51. The van der Waals surface area contributed by atoms with Gasteiger partial charge in [-0.3, -0.25) is 0 Å². The molecule has 1 aliphatic rings. The molecule has 0 amide bonds.